The van der Waals surface area contributed by atoms with Gasteiger partial charge in [0.15, 0.2) is 10.6 Å². The molecule has 0 radical (unpaired) electrons. The van der Waals surface area contributed by atoms with Crippen molar-refractivity contribution < 1.29 is 9.59 Å². The normalized spacial score (nSPS) is 10.5. The fraction of sp³-hybridized carbons (Fsp3) is 0.125. The van der Waals surface area contributed by atoms with Crippen LogP contribution in [0.25, 0.3) is 10.7 Å². The van der Waals surface area contributed by atoms with Crippen LogP contribution in [0.15, 0.2) is 41.8 Å². The van der Waals surface area contributed by atoms with Gasteiger partial charge in [-0.25, -0.2) is 4.79 Å². The first-order valence-corrected chi connectivity index (χ1v) is 8.97. The lowest BCUT2D eigenvalue weighted by molar-refractivity contribution is -0.116. The third-order valence-corrected chi connectivity index (χ3v) is 4.65. The molecule has 3 rings (SSSR count). The Hall–Kier alpha value is -2.98. The van der Waals surface area contributed by atoms with Gasteiger partial charge >= 0.3 is 6.03 Å². The minimum absolute atomic E-state index is 0.179. The average Bonchev–Trinajstić information content (AvgIpc) is 3.22. The maximum absolute atomic E-state index is 12.3. The van der Waals surface area contributed by atoms with Crippen molar-refractivity contribution in [3.8, 4) is 10.7 Å². The molecule has 0 saturated carbocycles. The molecule has 10 heteroatoms. The Morgan fingerprint density at radius 3 is 2.69 bits per heavy atom. The van der Waals surface area contributed by atoms with Gasteiger partial charge in [-0.1, -0.05) is 12.1 Å². The molecule has 26 heavy (non-hydrogen) atoms. The van der Waals surface area contributed by atoms with Crippen molar-refractivity contribution in [2.24, 2.45) is 5.73 Å². The predicted octanol–water partition coefficient (Wildman–Crippen LogP) is 3.19. The number of carbonyl (C=O) groups excluding carboxylic acids is 2. The largest absolute Gasteiger partial charge is 0.351 e. The molecule has 0 aliphatic carbocycles. The molecule has 0 bridgehead atoms. The van der Waals surface area contributed by atoms with Gasteiger partial charge in [0.1, 0.15) is 0 Å². The lowest BCUT2D eigenvalue weighted by atomic mass is 10.2. The quantitative estimate of drug-likeness (QED) is 0.485. The van der Waals surface area contributed by atoms with E-state index in [4.69, 9.17) is 18.0 Å². The summed E-state index contributed by atoms with van der Waals surface area (Å²) in [4.78, 5) is 24.1. The molecule has 0 aliphatic heterocycles. The summed E-state index contributed by atoms with van der Waals surface area (Å²) in [5.41, 5.74) is 6.16. The van der Waals surface area contributed by atoms with Crippen LogP contribution in [0.4, 0.5) is 16.2 Å². The van der Waals surface area contributed by atoms with Crippen LogP contribution in [0.3, 0.4) is 0 Å². The highest BCUT2D eigenvalue weighted by atomic mass is 32.1. The zero-order valence-corrected chi connectivity index (χ0v) is 15.2. The van der Waals surface area contributed by atoms with Crippen LogP contribution in [-0.4, -0.2) is 26.7 Å². The summed E-state index contributed by atoms with van der Waals surface area (Å²) in [6.45, 7) is 0.396. The monoisotopic (exact) mass is 388 g/mol. The zero-order chi connectivity index (χ0) is 18.5. The van der Waals surface area contributed by atoms with E-state index in [2.05, 4.69) is 20.8 Å². The van der Waals surface area contributed by atoms with Gasteiger partial charge < -0.3 is 16.4 Å². The second-order valence-corrected chi connectivity index (χ2v) is 6.68. The number of nitrogens with two attached hydrogens (primary N) is 1. The van der Waals surface area contributed by atoms with E-state index in [0.717, 1.165) is 4.88 Å². The highest BCUT2D eigenvalue weighted by Crippen LogP contribution is 2.23. The van der Waals surface area contributed by atoms with Crippen molar-refractivity contribution >= 4 is 46.9 Å². The fourth-order valence-electron chi connectivity index (χ4n) is 2.37. The van der Waals surface area contributed by atoms with Crippen LogP contribution in [-0.2, 0) is 11.3 Å². The number of anilines is 2. The van der Waals surface area contributed by atoms with E-state index >= 15 is 0 Å². The second-order valence-electron chi connectivity index (χ2n) is 5.35. The summed E-state index contributed by atoms with van der Waals surface area (Å²) in [6.07, 6.45) is 0.222. The van der Waals surface area contributed by atoms with Crippen molar-refractivity contribution in [1.82, 2.24) is 14.8 Å². The average molecular weight is 388 g/mol. The van der Waals surface area contributed by atoms with Gasteiger partial charge in [0, 0.05) is 24.3 Å². The van der Waals surface area contributed by atoms with E-state index in [-0.39, 0.29) is 12.3 Å². The number of thiophene rings is 1. The molecule has 0 aliphatic rings. The lowest BCUT2D eigenvalue weighted by Gasteiger charge is -2.09. The third kappa shape index (κ3) is 4.35. The van der Waals surface area contributed by atoms with E-state index in [9.17, 15) is 9.59 Å². The van der Waals surface area contributed by atoms with Crippen molar-refractivity contribution in [3.05, 3.63) is 46.5 Å². The molecule has 3 amide bonds. The summed E-state index contributed by atoms with van der Waals surface area (Å²) in [5.74, 6) is 0.534. The maximum Gasteiger partial charge on any atom is 0.316 e. The number of amides is 3. The van der Waals surface area contributed by atoms with Crippen molar-refractivity contribution in [3.63, 3.8) is 0 Å². The number of carbonyl (C=O) groups is 2. The minimum Gasteiger partial charge on any atom is -0.351 e. The van der Waals surface area contributed by atoms with Crippen LogP contribution < -0.4 is 16.4 Å². The predicted molar refractivity (Wildman–Crippen MR) is 104 cm³/mol. The summed E-state index contributed by atoms with van der Waals surface area (Å²) >= 11 is 6.80. The molecule has 5 N–H and O–H groups in total. The smallest absolute Gasteiger partial charge is 0.316 e. The van der Waals surface area contributed by atoms with Crippen LogP contribution in [0.1, 0.15) is 6.42 Å². The summed E-state index contributed by atoms with van der Waals surface area (Å²) in [5, 5.41) is 14.2. The summed E-state index contributed by atoms with van der Waals surface area (Å²) < 4.78 is 2.26. The third-order valence-electron chi connectivity index (χ3n) is 3.48. The van der Waals surface area contributed by atoms with Gasteiger partial charge in [0.05, 0.1) is 4.88 Å². The molecule has 0 fully saturated rings. The van der Waals surface area contributed by atoms with Gasteiger partial charge in [-0.15, -0.1) is 11.3 Å². The number of hydrogen-bond acceptors (Lipinski definition) is 5. The van der Waals surface area contributed by atoms with Crippen LogP contribution >= 0.6 is 23.6 Å². The van der Waals surface area contributed by atoms with Gasteiger partial charge in [-0.05, 0) is 41.9 Å². The van der Waals surface area contributed by atoms with Gasteiger partial charge in [0.2, 0.25) is 5.91 Å². The molecular formula is C16H16N6O2S2. The van der Waals surface area contributed by atoms with Crippen LogP contribution in [0, 0.1) is 4.77 Å². The Balaban J connectivity index is 1.64. The number of primary amides is 1. The molecule has 8 nitrogen and oxygen atoms in total. The van der Waals surface area contributed by atoms with E-state index in [1.807, 2.05) is 17.5 Å². The molecule has 2 heterocycles. The number of urea groups is 1. The highest BCUT2D eigenvalue weighted by molar-refractivity contribution is 7.71. The minimum atomic E-state index is -0.663. The highest BCUT2D eigenvalue weighted by Gasteiger charge is 2.11. The van der Waals surface area contributed by atoms with Crippen molar-refractivity contribution in [2.75, 3.05) is 10.6 Å². The lowest BCUT2D eigenvalue weighted by Crippen LogP contribution is -2.19. The summed E-state index contributed by atoms with van der Waals surface area (Å²) in [6, 6.07) is 9.96. The number of aromatic amines is 1. The standard InChI is InChI=1S/C16H16N6O2S2/c17-15(24)19-11-4-1-3-10(9-11)18-13(23)6-7-22-14(20-21-16(22)25)12-5-2-8-26-12/h1-5,8-9H,6-7H2,(H,18,23)(H,21,25)(H3,17,19,24). The molecule has 0 atom stereocenters. The molecule has 134 valence electrons. The molecule has 2 aromatic heterocycles. The molecule has 0 unspecified atom stereocenters. The Labute approximate surface area is 158 Å². The Bertz CT molecular complexity index is 977. The number of H-pyrrole nitrogens is 1. The van der Waals surface area contributed by atoms with E-state index < -0.39 is 6.03 Å². The zero-order valence-electron chi connectivity index (χ0n) is 13.6. The van der Waals surface area contributed by atoms with E-state index in [1.165, 1.54) is 0 Å². The molecule has 0 saturated heterocycles. The number of rotatable bonds is 6. The number of benzene rings is 1. The van der Waals surface area contributed by atoms with Crippen LogP contribution in [0.2, 0.25) is 0 Å². The van der Waals surface area contributed by atoms with E-state index in [1.54, 1.807) is 40.2 Å². The Kier molecular flexibility index (Phi) is 5.44. The summed E-state index contributed by atoms with van der Waals surface area (Å²) in [7, 11) is 0. The molecule has 1 aromatic carbocycles. The van der Waals surface area contributed by atoms with Crippen molar-refractivity contribution in [2.45, 2.75) is 13.0 Å². The number of aromatic nitrogens is 3. The number of nitrogens with one attached hydrogen (secondary N) is 3. The Morgan fingerprint density at radius 2 is 2.00 bits per heavy atom. The topological polar surface area (TPSA) is 118 Å². The molecular weight excluding hydrogens is 372 g/mol. The molecule has 3 aromatic rings. The number of hydrogen-bond donors (Lipinski definition) is 4. The first-order valence-electron chi connectivity index (χ1n) is 7.68. The maximum atomic E-state index is 12.3. The first kappa shape index (κ1) is 17.8. The van der Waals surface area contributed by atoms with E-state index in [0.29, 0.717) is 28.5 Å². The van der Waals surface area contributed by atoms with Crippen molar-refractivity contribution in [1.29, 1.82) is 0 Å². The number of nitrogens with zero attached hydrogens (tertiary/aromatic N) is 2. The second kappa shape index (κ2) is 7.93. The van der Waals surface area contributed by atoms with Gasteiger partial charge in [-0.3, -0.25) is 14.5 Å². The van der Waals surface area contributed by atoms with Crippen LogP contribution in [0.5, 0.6) is 0 Å². The van der Waals surface area contributed by atoms with Gasteiger partial charge in [0.25, 0.3) is 0 Å². The fourth-order valence-corrected chi connectivity index (χ4v) is 3.32. The molecule has 0 spiro atoms. The SMILES string of the molecule is NC(=O)Nc1cccc(NC(=O)CCn2c(-c3cccs3)n[nH]c2=S)c1. The van der Waals surface area contributed by atoms with Gasteiger partial charge in [-0.2, -0.15) is 5.10 Å². The first-order chi connectivity index (χ1) is 12.5. The Morgan fingerprint density at radius 1 is 1.23 bits per heavy atom.